The van der Waals surface area contributed by atoms with Crippen LogP contribution in [0.15, 0.2) is 54.8 Å². The fraction of sp³-hybridized carbons (Fsp3) is 0. The van der Waals surface area contributed by atoms with Gasteiger partial charge in [-0.25, -0.2) is 0 Å². The minimum absolute atomic E-state index is 0.116. The van der Waals surface area contributed by atoms with E-state index in [9.17, 15) is 10.1 Å². The second-order valence-electron chi connectivity index (χ2n) is 2.87. The lowest BCUT2D eigenvalue weighted by Gasteiger charge is -2.02. The predicted molar refractivity (Wildman–Crippen MR) is 76.8 cm³/mol. The molecule has 0 aromatic heterocycles. The summed E-state index contributed by atoms with van der Waals surface area (Å²) in [4.78, 5) is 10.9. The van der Waals surface area contributed by atoms with Gasteiger partial charge < -0.3 is 0 Å². The Bertz CT molecular complexity index is 512. The lowest BCUT2D eigenvalue weighted by atomic mass is 10.4. The molecule has 1 rings (SSSR count). The second-order valence-corrected chi connectivity index (χ2v) is 5.88. The Morgan fingerprint density at radius 2 is 1.67 bits per heavy atom. The number of thioether (sulfide) groups is 1. The first-order valence-corrected chi connectivity index (χ1v) is 6.74. The van der Waals surface area contributed by atoms with Crippen molar-refractivity contribution in [1.29, 1.82) is 0 Å². The van der Waals surface area contributed by atoms with Gasteiger partial charge in [-0.3, -0.25) is 10.1 Å². The zero-order chi connectivity index (χ0) is 13.7. The highest BCUT2D eigenvalue weighted by Crippen LogP contribution is 2.37. The third kappa shape index (κ3) is 4.37. The lowest BCUT2D eigenvalue weighted by molar-refractivity contribution is -0.419. The van der Waals surface area contributed by atoms with E-state index in [-0.39, 0.29) is 4.36 Å². The Morgan fingerprint density at radius 1 is 1.11 bits per heavy atom. The van der Waals surface area contributed by atoms with Crippen molar-refractivity contribution < 1.29 is 4.92 Å². The number of halogens is 4. The summed E-state index contributed by atoms with van der Waals surface area (Å²) >= 11 is 23.4. The summed E-state index contributed by atoms with van der Waals surface area (Å²) in [5, 5.41) is 10.5. The maximum Gasteiger partial charge on any atom is 0.315 e. The van der Waals surface area contributed by atoms with E-state index >= 15 is 0 Å². The van der Waals surface area contributed by atoms with Gasteiger partial charge in [-0.05, 0) is 12.1 Å². The molecule has 8 heteroatoms. The van der Waals surface area contributed by atoms with Gasteiger partial charge in [-0.2, -0.15) is 0 Å². The second kappa shape index (κ2) is 7.26. The Morgan fingerprint density at radius 3 is 2.11 bits per heavy atom. The monoisotopic (exact) mass is 343 g/mol. The zero-order valence-electron chi connectivity index (χ0n) is 8.57. The first-order chi connectivity index (χ1) is 8.43. The fourth-order valence-electron chi connectivity index (χ4n) is 0.968. The van der Waals surface area contributed by atoms with Crippen molar-refractivity contribution in [2.24, 2.45) is 0 Å². The van der Waals surface area contributed by atoms with Crippen LogP contribution < -0.4 is 0 Å². The molecule has 0 unspecified atom stereocenters. The molecule has 96 valence electrons. The van der Waals surface area contributed by atoms with Crippen molar-refractivity contribution in [3.63, 3.8) is 0 Å². The minimum atomic E-state index is -0.731. The van der Waals surface area contributed by atoms with Crippen LogP contribution >= 0.6 is 58.2 Å². The molecular formula is C10H5Cl4NO2S. The van der Waals surface area contributed by atoms with E-state index in [1.54, 1.807) is 24.3 Å². The minimum Gasteiger partial charge on any atom is -0.258 e. The van der Waals surface area contributed by atoms with Gasteiger partial charge in [-0.15, -0.1) is 0 Å². The Kier molecular flexibility index (Phi) is 6.32. The van der Waals surface area contributed by atoms with Gasteiger partial charge >= 0.3 is 5.70 Å². The average Bonchev–Trinajstić information content (AvgIpc) is 2.29. The van der Waals surface area contributed by atoms with E-state index in [4.69, 9.17) is 46.4 Å². The predicted octanol–water partition coefficient (Wildman–Crippen LogP) is 5.35. The Hall–Kier alpha value is -0.390. The molecule has 1 aromatic rings. The molecule has 0 atom stereocenters. The molecule has 3 nitrogen and oxygen atoms in total. The van der Waals surface area contributed by atoms with E-state index < -0.39 is 20.1 Å². The van der Waals surface area contributed by atoms with E-state index in [0.29, 0.717) is 0 Å². The molecule has 0 fully saturated rings. The highest BCUT2D eigenvalue weighted by molar-refractivity contribution is 8.04. The largest absolute Gasteiger partial charge is 0.315 e. The van der Waals surface area contributed by atoms with Crippen LogP contribution in [0, 0.1) is 10.1 Å². The summed E-state index contributed by atoms with van der Waals surface area (Å²) in [5.41, 5.74) is -0.521. The quantitative estimate of drug-likeness (QED) is 0.320. The van der Waals surface area contributed by atoms with Crippen LogP contribution in [-0.4, -0.2) is 4.92 Å². The van der Waals surface area contributed by atoms with Gasteiger partial charge in [-0.1, -0.05) is 76.4 Å². The number of rotatable bonds is 4. The summed E-state index contributed by atoms with van der Waals surface area (Å²) in [5.74, 6) is 0. The molecule has 0 radical (unpaired) electrons. The molecule has 0 aliphatic carbocycles. The maximum atomic E-state index is 10.9. The van der Waals surface area contributed by atoms with E-state index in [1.165, 1.54) is 0 Å². The first kappa shape index (κ1) is 15.7. The number of benzene rings is 1. The molecule has 0 aliphatic heterocycles. The summed E-state index contributed by atoms with van der Waals surface area (Å²) in [6, 6.07) is 8.89. The SMILES string of the molecule is O=[N+]([O-])/C(C(Cl)=C(Cl)Cl)=C(/Cl)Sc1ccccc1. The first-order valence-electron chi connectivity index (χ1n) is 4.41. The summed E-state index contributed by atoms with van der Waals surface area (Å²) in [7, 11) is 0. The normalized spacial score (nSPS) is 11.8. The molecule has 0 saturated carbocycles. The Labute approximate surface area is 128 Å². The number of nitro groups is 1. The number of allylic oxidation sites excluding steroid dienone is 1. The fourth-order valence-corrected chi connectivity index (χ4v) is 2.62. The molecule has 0 spiro atoms. The smallest absolute Gasteiger partial charge is 0.258 e. The van der Waals surface area contributed by atoms with E-state index in [2.05, 4.69) is 0 Å². The van der Waals surface area contributed by atoms with Crippen LogP contribution in [0.4, 0.5) is 0 Å². The lowest BCUT2D eigenvalue weighted by Crippen LogP contribution is -2.00. The van der Waals surface area contributed by atoms with Crippen molar-refractivity contribution in [3.05, 3.63) is 60.0 Å². The van der Waals surface area contributed by atoms with Gasteiger partial charge in [0.1, 0.15) is 4.49 Å². The molecule has 0 N–H and O–H groups in total. The molecule has 0 bridgehead atoms. The van der Waals surface area contributed by atoms with Crippen LogP contribution in [0.5, 0.6) is 0 Å². The topological polar surface area (TPSA) is 43.1 Å². The summed E-state index contributed by atoms with van der Waals surface area (Å²) in [6.45, 7) is 0. The van der Waals surface area contributed by atoms with Gasteiger partial charge in [0, 0.05) is 4.90 Å². The van der Waals surface area contributed by atoms with Crippen molar-refractivity contribution in [2.45, 2.75) is 4.90 Å². The third-order valence-electron chi connectivity index (χ3n) is 1.69. The molecule has 0 heterocycles. The van der Waals surface area contributed by atoms with Crippen molar-refractivity contribution in [2.75, 3.05) is 0 Å². The number of hydrogen-bond donors (Lipinski definition) is 0. The molecule has 0 saturated heterocycles. The van der Waals surface area contributed by atoms with E-state index in [0.717, 1.165) is 16.7 Å². The molecular weight excluding hydrogens is 340 g/mol. The van der Waals surface area contributed by atoms with Gasteiger partial charge in [0.25, 0.3) is 0 Å². The van der Waals surface area contributed by atoms with Crippen molar-refractivity contribution >= 4 is 58.2 Å². The third-order valence-corrected chi connectivity index (χ3v) is 3.92. The van der Waals surface area contributed by atoms with Crippen LogP contribution in [0.3, 0.4) is 0 Å². The summed E-state index contributed by atoms with van der Waals surface area (Å²) in [6.07, 6.45) is 0. The highest BCUT2D eigenvalue weighted by atomic mass is 35.5. The van der Waals surface area contributed by atoms with Crippen LogP contribution in [0.1, 0.15) is 0 Å². The molecule has 0 aliphatic rings. The zero-order valence-corrected chi connectivity index (χ0v) is 12.4. The Balaban J connectivity index is 3.14. The molecule has 18 heavy (non-hydrogen) atoms. The van der Waals surface area contributed by atoms with Crippen LogP contribution in [-0.2, 0) is 0 Å². The number of nitrogens with zero attached hydrogens (tertiary/aromatic N) is 1. The van der Waals surface area contributed by atoms with Gasteiger partial charge in [0.05, 0.1) is 4.92 Å². The molecule has 1 aromatic carbocycles. The van der Waals surface area contributed by atoms with Crippen LogP contribution in [0.2, 0.25) is 0 Å². The highest BCUT2D eigenvalue weighted by Gasteiger charge is 2.24. The van der Waals surface area contributed by atoms with Gasteiger partial charge in [0.2, 0.25) is 0 Å². The van der Waals surface area contributed by atoms with E-state index in [1.807, 2.05) is 6.07 Å². The number of hydrogen-bond acceptors (Lipinski definition) is 3. The molecule has 0 amide bonds. The van der Waals surface area contributed by atoms with Gasteiger partial charge in [0.15, 0.2) is 9.40 Å². The maximum absolute atomic E-state index is 10.9. The van der Waals surface area contributed by atoms with Crippen molar-refractivity contribution in [3.8, 4) is 0 Å². The van der Waals surface area contributed by atoms with Crippen LogP contribution in [0.25, 0.3) is 0 Å². The average molecular weight is 345 g/mol. The standard InChI is InChI=1S/C10H5Cl4NO2S/c11-7(9(12)13)8(15(16)17)10(14)18-6-4-2-1-3-5-6/h1-5H/b10-8-. The van der Waals surface area contributed by atoms with Crippen molar-refractivity contribution in [1.82, 2.24) is 0 Å². The summed E-state index contributed by atoms with van der Waals surface area (Å²) < 4.78 is -0.523.